The average molecular weight is 189 g/mol. The molecule has 0 aliphatic carbocycles. The van der Waals surface area contributed by atoms with E-state index >= 15 is 0 Å². The van der Waals surface area contributed by atoms with Gasteiger partial charge in [-0.15, -0.1) is 0 Å². The third-order valence-electron chi connectivity index (χ3n) is 1.38. The monoisotopic (exact) mass is 188 g/mol. The Bertz CT molecular complexity index is 265. The van der Waals surface area contributed by atoms with Gasteiger partial charge in [0.05, 0.1) is 12.4 Å². The lowest BCUT2D eigenvalue weighted by Crippen LogP contribution is -2.17. The van der Waals surface area contributed by atoms with Gasteiger partial charge in [-0.25, -0.2) is 4.39 Å². The summed E-state index contributed by atoms with van der Waals surface area (Å²) in [7, 11) is 1.77. The third kappa shape index (κ3) is 2.36. The van der Waals surface area contributed by atoms with Gasteiger partial charge in [-0.3, -0.25) is 0 Å². The minimum atomic E-state index is -0.297. The van der Waals surface area contributed by atoms with Crippen molar-refractivity contribution in [3.63, 3.8) is 0 Å². The van der Waals surface area contributed by atoms with Gasteiger partial charge in [0.15, 0.2) is 0 Å². The quantitative estimate of drug-likeness (QED) is 0.710. The maximum absolute atomic E-state index is 12.9. The van der Waals surface area contributed by atoms with E-state index in [0.717, 1.165) is 0 Å². The maximum Gasteiger partial charge on any atom is 0.146 e. The first kappa shape index (κ1) is 9.29. The Labute approximate surface area is 75.7 Å². The number of hydrogen-bond donors (Lipinski definition) is 2. The molecule has 4 heteroatoms. The second-order valence-electron chi connectivity index (χ2n) is 2.33. The fourth-order valence-corrected chi connectivity index (χ4v) is 0.989. The Balaban J connectivity index is 2.75. The van der Waals surface area contributed by atoms with E-state index in [4.69, 9.17) is 11.6 Å². The summed E-state index contributed by atoms with van der Waals surface area (Å²) in [4.78, 5) is 0. The van der Waals surface area contributed by atoms with Gasteiger partial charge in [-0.2, -0.15) is 0 Å². The fourth-order valence-electron chi connectivity index (χ4n) is 0.817. The zero-order chi connectivity index (χ0) is 8.97. The molecular weight excluding hydrogens is 179 g/mol. The first-order valence-corrected chi connectivity index (χ1v) is 3.95. The SMILES string of the molecule is CNCNc1cc(Cl)ccc1F. The predicted octanol–water partition coefficient (Wildman–Crippen LogP) is 2.07. The summed E-state index contributed by atoms with van der Waals surface area (Å²) in [6, 6.07) is 4.40. The number of benzene rings is 1. The van der Waals surface area contributed by atoms with Crippen LogP contribution >= 0.6 is 11.6 Å². The van der Waals surface area contributed by atoms with Gasteiger partial charge >= 0.3 is 0 Å². The number of halogens is 2. The highest BCUT2D eigenvalue weighted by molar-refractivity contribution is 6.30. The van der Waals surface area contributed by atoms with Crippen molar-refractivity contribution in [2.75, 3.05) is 19.0 Å². The van der Waals surface area contributed by atoms with Gasteiger partial charge in [0.2, 0.25) is 0 Å². The molecular formula is C8H10ClFN2. The van der Waals surface area contributed by atoms with Gasteiger partial charge in [-0.1, -0.05) is 11.6 Å². The van der Waals surface area contributed by atoms with Crippen molar-refractivity contribution < 1.29 is 4.39 Å². The largest absolute Gasteiger partial charge is 0.370 e. The van der Waals surface area contributed by atoms with E-state index in [1.807, 2.05) is 0 Å². The van der Waals surface area contributed by atoms with Crippen LogP contribution in [0.4, 0.5) is 10.1 Å². The van der Waals surface area contributed by atoms with Crippen molar-refractivity contribution in [2.45, 2.75) is 0 Å². The fraction of sp³-hybridized carbons (Fsp3) is 0.250. The Morgan fingerprint density at radius 1 is 1.50 bits per heavy atom. The molecule has 0 spiro atoms. The summed E-state index contributed by atoms with van der Waals surface area (Å²) in [6.45, 7) is 0.511. The lowest BCUT2D eigenvalue weighted by Gasteiger charge is -2.06. The molecule has 0 radical (unpaired) electrons. The van der Waals surface area contributed by atoms with E-state index in [1.165, 1.54) is 12.1 Å². The minimum absolute atomic E-state index is 0.297. The van der Waals surface area contributed by atoms with E-state index in [9.17, 15) is 4.39 Å². The van der Waals surface area contributed by atoms with Crippen LogP contribution in [0.3, 0.4) is 0 Å². The summed E-state index contributed by atoms with van der Waals surface area (Å²) >= 11 is 5.67. The first-order valence-electron chi connectivity index (χ1n) is 3.57. The highest BCUT2D eigenvalue weighted by Crippen LogP contribution is 2.18. The van der Waals surface area contributed by atoms with Crippen molar-refractivity contribution in [3.8, 4) is 0 Å². The van der Waals surface area contributed by atoms with Crippen molar-refractivity contribution >= 4 is 17.3 Å². The highest BCUT2D eigenvalue weighted by atomic mass is 35.5. The number of rotatable bonds is 3. The van der Waals surface area contributed by atoms with Crippen molar-refractivity contribution in [1.29, 1.82) is 0 Å². The maximum atomic E-state index is 12.9. The molecule has 0 bridgehead atoms. The molecule has 0 heterocycles. The molecule has 1 aromatic rings. The van der Waals surface area contributed by atoms with Crippen LogP contribution in [0.25, 0.3) is 0 Å². The zero-order valence-electron chi connectivity index (χ0n) is 6.70. The van der Waals surface area contributed by atoms with Gasteiger partial charge in [0, 0.05) is 5.02 Å². The van der Waals surface area contributed by atoms with E-state index in [0.29, 0.717) is 17.4 Å². The normalized spacial score (nSPS) is 9.92. The summed E-state index contributed by atoms with van der Waals surface area (Å²) < 4.78 is 12.9. The van der Waals surface area contributed by atoms with Crippen LogP contribution < -0.4 is 10.6 Å². The number of hydrogen-bond acceptors (Lipinski definition) is 2. The molecule has 1 aromatic carbocycles. The van der Waals surface area contributed by atoms with Crippen LogP contribution in [0.5, 0.6) is 0 Å². The summed E-state index contributed by atoms with van der Waals surface area (Å²) in [5.74, 6) is -0.297. The lowest BCUT2D eigenvalue weighted by atomic mass is 10.3. The third-order valence-corrected chi connectivity index (χ3v) is 1.62. The smallest absolute Gasteiger partial charge is 0.146 e. The second kappa shape index (κ2) is 4.28. The van der Waals surface area contributed by atoms with Crippen LogP contribution in [0.1, 0.15) is 0 Å². The molecule has 0 saturated carbocycles. The molecule has 12 heavy (non-hydrogen) atoms. The lowest BCUT2D eigenvalue weighted by molar-refractivity contribution is 0.629. The number of anilines is 1. The van der Waals surface area contributed by atoms with Crippen LogP contribution in [-0.2, 0) is 0 Å². The molecule has 0 aliphatic rings. The second-order valence-corrected chi connectivity index (χ2v) is 2.77. The van der Waals surface area contributed by atoms with Gasteiger partial charge in [0.1, 0.15) is 5.82 Å². The van der Waals surface area contributed by atoms with E-state index in [2.05, 4.69) is 10.6 Å². The summed E-state index contributed by atoms with van der Waals surface area (Å²) in [5.41, 5.74) is 0.414. The van der Waals surface area contributed by atoms with Crippen molar-refractivity contribution in [2.24, 2.45) is 0 Å². The van der Waals surface area contributed by atoms with Crippen LogP contribution in [0.2, 0.25) is 5.02 Å². The van der Waals surface area contributed by atoms with Crippen molar-refractivity contribution in [3.05, 3.63) is 29.0 Å². The highest BCUT2D eigenvalue weighted by Gasteiger charge is 2.00. The molecule has 2 N–H and O–H groups in total. The van der Waals surface area contributed by atoms with Gasteiger partial charge in [-0.05, 0) is 25.2 Å². The van der Waals surface area contributed by atoms with Crippen LogP contribution in [0, 0.1) is 5.82 Å². The molecule has 1 rings (SSSR count). The molecule has 0 unspecified atom stereocenters. The van der Waals surface area contributed by atoms with Gasteiger partial charge in [0.25, 0.3) is 0 Å². The zero-order valence-corrected chi connectivity index (χ0v) is 7.45. The molecule has 0 atom stereocenters. The molecule has 0 fully saturated rings. The van der Waals surface area contributed by atoms with Crippen molar-refractivity contribution in [1.82, 2.24) is 5.32 Å². The first-order chi connectivity index (χ1) is 5.74. The van der Waals surface area contributed by atoms with Crippen LogP contribution in [-0.4, -0.2) is 13.7 Å². The predicted molar refractivity (Wildman–Crippen MR) is 49.0 cm³/mol. The molecule has 0 aliphatic heterocycles. The summed E-state index contributed by atoms with van der Waals surface area (Å²) in [6.07, 6.45) is 0. The molecule has 0 aromatic heterocycles. The Kier molecular flexibility index (Phi) is 3.31. The molecule has 2 nitrogen and oxygen atoms in total. The Morgan fingerprint density at radius 3 is 2.92 bits per heavy atom. The van der Waals surface area contributed by atoms with Crippen LogP contribution in [0.15, 0.2) is 18.2 Å². The molecule has 0 saturated heterocycles. The van der Waals surface area contributed by atoms with E-state index in [-0.39, 0.29) is 5.82 Å². The Morgan fingerprint density at radius 2 is 2.25 bits per heavy atom. The topological polar surface area (TPSA) is 24.1 Å². The number of nitrogens with one attached hydrogen (secondary N) is 2. The standard InChI is InChI=1S/C8H10ClFN2/c1-11-5-12-8-4-6(9)2-3-7(8)10/h2-4,11-12H,5H2,1H3. The Hall–Kier alpha value is -0.800. The average Bonchev–Trinajstić information content (AvgIpc) is 2.07. The summed E-state index contributed by atoms with van der Waals surface area (Å²) in [5, 5.41) is 6.20. The minimum Gasteiger partial charge on any atom is -0.370 e. The molecule has 66 valence electrons. The van der Waals surface area contributed by atoms with E-state index in [1.54, 1.807) is 13.1 Å². The molecule has 0 amide bonds. The van der Waals surface area contributed by atoms with E-state index < -0.39 is 0 Å². The van der Waals surface area contributed by atoms with Gasteiger partial charge < -0.3 is 10.6 Å².